The zero-order valence-electron chi connectivity index (χ0n) is 11.2. The van der Waals surface area contributed by atoms with Gasteiger partial charge in [0, 0.05) is 31.7 Å². The van der Waals surface area contributed by atoms with E-state index in [9.17, 15) is 8.78 Å². The number of rotatable bonds is 6. The van der Waals surface area contributed by atoms with Gasteiger partial charge in [-0.15, -0.1) is 0 Å². The molecule has 106 valence electrons. The van der Waals surface area contributed by atoms with Crippen molar-refractivity contribution in [2.45, 2.75) is 13.1 Å². The Kier molecular flexibility index (Phi) is 5.21. The maximum atomic E-state index is 13.7. The molecule has 2 aromatic carbocycles. The molecule has 0 heterocycles. The summed E-state index contributed by atoms with van der Waals surface area (Å²) in [5.41, 5.74) is 7.07. The van der Waals surface area contributed by atoms with Crippen molar-refractivity contribution in [3.05, 3.63) is 71.3 Å². The Balaban J connectivity index is 2.11. The summed E-state index contributed by atoms with van der Waals surface area (Å²) < 4.78 is 26.9. The molecule has 0 atom stereocenters. The monoisotopic (exact) mass is 276 g/mol. The van der Waals surface area contributed by atoms with Crippen LogP contribution in [0.3, 0.4) is 0 Å². The van der Waals surface area contributed by atoms with Crippen molar-refractivity contribution in [2.24, 2.45) is 5.73 Å². The van der Waals surface area contributed by atoms with Crippen LogP contribution in [0.1, 0.15) is 11.1 Å². The van der Waals surface area contributed by atoms with Gasteiger partial charge in [0.05, 0.1) is 0 Å². The quantitative estimate of drug-likeness (QED) is 0.879. The van der Waals surface area contributed by atoms with Crippen molar-refractivity contribution in [3.8, 4) is 0 Å². The minimum Gasteiger partial charge on any atom is -0.329 e. The second kappa shape index (κ2) is 7.12. The summed E-state index contributed by atoms with van der Waals surface area (Å²) in [5, 5.41) is 0. The van der Waals surface area contributed by atoms with E-state index in [2.05, 4.69) is 0 Å². The average molecular weight is 276 g/mol. The van der Waals surface area contributed by atoms with Gasteiger partial charge in [-0.2, -0.15) is 0 Å². The Bertz CT molecular complexity index is 543. The van der Waals surface area contributed by atoms with Crippen molar-refractivity contribution >= 4 is 0 Å². The largest absolute Gasteiger partial charge is 0.329 e. The van der Waals surface area contributed by atoms with Crippen LogP contribution in [0.25, 0.3) is 0 Å². The second-order valence-electron chi connectivity index (χ2n) is 4.72. The van der Waals surface area contributed by atoms with Crippen LogP contribution in [-0.4, -0.2) is 18.0 Å². The van der Waals surface area contributed by atoms with Gasteiger partial charge in [0.25, 0.3) is 0 Å². The van der Waals surface area contributed by atoms with Gasteiger partial charge in [-0.05, 0) is 23.8 Å². The van der Waals surface area contributed by atoms with Crippen LogP contribution >= 0.6 is 0 Å². The van der Waals surface area contributed by atoms with E-state index in [1.54, 1.807) is 0 Å². The number of hydrogen-bond acceptors (Lipinski definition) is 2. The Hall–Kier alpha value is -1.78. The summed E-state index contributed by atoms with van der Waals surface area (Å²) in [6.07, 6.45) is 0. The highest BCUT2D eigenvalue weighted by Gasteiger charge is 2.10. The molecule has 20 heavy (non-hydrogen) atoms. The molecule has 2 nitrogen and oxygen atoms in total. The minimum absolute atomic E-state index is 0.343. The molecule has 0 aliphatic rings. The molecule has 0 fully saturated rings. The molecule has 0 saturated carbocycles. The lowest BCUT2D eigenvalue weighted by molar-refractivity contribution is 0.260. The van der Waals surface area contributed by atoms with E-state index in [-0.39, 0.29) is 5.82 Å². The molecule has 0 aromatic heterocycles. The van der Waals surface area contributed by atoms with Crippen LogP contribution in [0, 0.1) is 11.6 Å². The van der Waals surface area contributed by atoms with E-state index in [0.29, 0.717) is 31.7 Å². The maximum absolute atomic E-state index is 13.7. The lowest BCUT2D eigenvalue weighted by Crippen LogP contribution is -2.29. The highest BCUT2D eigenvalue weighted by atomic mass is 19.1. The van der Waals surface area contributed by atoms with Gasteiger partial charge in [-0.1, -0.05) is 30.3 Å². The molecule has 0 amide bonds. The Labute approximate surface area is 117 Å². The Morgan fingerprint density at radius 2 is 1.70 bits per heavy atom. The summed E-state index contributed by atoms with van der Waals surface area (Å²) in [6, 6.07) is 13.4. The first-order valence-corrected chi connectivity index (χ1v) is 6.59. The van der Waals surface area contributed by atoms with E-state index in [1.165, 1.54) is 6.07 Å². The highest BCUT2D eigenvalue weighted by molar-refractivity contribution is 5.19. The van der Waals surface area contributed by atoms with E-state index in [1.807, 2.05) is 35.2 Å². The third kappa shape index (κ3) is 4.11. The second-order valence-corrected chi connectivity index (χ2v) is 4.72. The molecular formula is C16H18F2N2. The van der Waals surface area contributed by atoms with E-state index < -0.39 is 5.82 Å². The van der Waals surface area contributed by atoms with Crippen LogP contribution in [-0.2, 0) is 13.1 Å². The lowest BCUT2D eigenvalue weighted by atomic mass is 10.1. The van der Waals surface area contributed by atoms with Gasteiger partial charge in [0.2, 0.25) is 0 Å². The number of benzene rings is 2. The predicted molar refractivity (Wildman–Crippen MR) is 76.0 cm³/mol. The van der Waals surface area contributed by atoms with Gasteiger partial charge >= 0.3 is 0 Å². The third-order valence-corrected chi connectivity index (χ3v) is 3.10. The fraction of sp³-hybridized carbons (Fsp3) is 0.250. The Morgan fingerprint density at radius 1 is 0.950 bits per heavy atom. The average Bonchev–Trinajstić information content (AvgIpc) is 2.44. The van der Waals surface area contributed by atoms with Crippen LogP contribution in [0.4, 0.5) is 8.78 Å². The molecule has 4 heteroatoms. The molecule has 0 unspecified atom stereocenters. The van der Waals surface area contributed by atoms with Crippen LogP contribution in [0.5, 0.6) is 0 Å². The van der Waals surface area contributed by atoms with E-state index >= 15 is 0 Å². The lowest BCUT2D eigenvalue weighted by Gasteiger charge is -2.22. The van der Waals surface area contributed by atoms with E-state index in [0.717, 1.165) is 17.7 Å². The first-order valence-electron chi connectivity index (χ1n) is 6.59. The topological polar surface area (TPSA) is 29.3 Å². The normalized spacial score (nSPS) is 11.0. The van der Waals surface area contributed by atoms with Gasteiger partial charge in [-0.3, -0.25) is 4.90 Å². The standard InChI is InChI=1S/C16H18F2N2/c17-15-6-7-16(18)14(10-15)12-20(9-8-19)11-13-4-2-1-3-5-13/h1-7,10H,8-9,11-12,19H2. The summed E-state index contributed by atoms with van der Waals surface area (Å²) in [5.74, 6) is -0.810. The fourth-order valence-electron chi connectivity index (χ4n) is 2.14. The minimum atomic E-state index is -0.422. The van der Waals surface area contributed by atoms with Gasteiger partial charge in [-0.25, -0.2) is 8.78 Å². The predicted octanol–water partition coefficient (Wildman–Crippen LogP) is 2.93. The van der Waals surface area contributed by atoms with Gasteiger partial charge in [0.15, 0.2) is 0 Å². The SMILES string of the molecule is NCCN(Cc1ccccc1)Cc1cc(F)ccc1F. The van der Waals surface area contributed by atoms with Crippen molar-refractivity contribution in [1.29, 1.82) is 0 Å². The van der Waals surface area contributed by atoms with Gasteiger partial charge < -0.3 is 5.73 Å². The third-order valence-electron chi connectivity index (χ3n) is 3.10. The molecule has 2 N–H and O–H groups in total. The van der Waals surface area contributed by atoms with Crippen molar-refractivity contribution < 1.29 is 8.78 Å². The molecular weight excluding hydrogens is 258 g/mol. The summed E-state index contributed by atoms with van der Waals surface area (Å²) >= 11 is 0. The zero-order valence-corrected chi connectivity index (χ0v) is 11.2. The first kappa shape index (κ1) is 14.6. The number of nitrogens with two attached hydrogens (primary N) is 1. The summed E-state index contributed by atoms with van der Waals surface area (Å²) in [4.78, 5) is 2.01. The molecule has 0 bridgehead atoms. The van der Waals surface area contributed by atoms with Crippen LogP contribution in [0.15, 0.2) is 48.5 Å². The molecule has 0 aliphatic carbocycles. The Morgan fingerprint density at radius 3 is 2.40 bits per heavy atom. The first-order chi connectivity index (χ1) is 9.69. The highest BCUT2D eigenvalue weighted by Crippen LogP contribution is 2.14. The zero-order chi connectivity index (χ0) is 14.4. The van der Waals surface area contributed by atoms with Crippen LogP contribution in [0.2, 0.25) is 0 Å². The molecule has 2 rings (SSSR count). The summed E-state index contributed by atoms with van der Waals surface area (Å²) in [7, 11) is 0. The van der Waals surface area contributed by atoms with Crippen molar-refractivity contribution in [2.75, 3.05) is 13.1 Å². The molecule has 2 aromatic rings. The van der Waals surface area contributed by atoms with E-state index in [4.69, 9.17) is 5.73 Å². The van der Waals surface area contributed by atoms with Gasteiger partial charge in [0.1, 0.15) is 11.6 Å². The summed E-state index contributed by atoms with van der Waals surface area (Å²) in [6.45, 7) is 2.11. The smallest absolute Gasteiger partial charge is 0.127 e. The van der Waals surface area contributed by atoms with Crippen molar-refractivity contribution in [3.63, 3.8) is 0 Å². The van der Waals surface area contributed by atoms with Crippen LogP contribution < -0.4 is 5.73 Å². The molecule has 0 radical (unpaired) electrons. The number of nitrogens with zero attached hydrogens (tertiary/aromatic N) is 1. The molecule has 0 spiro atoms. The van der Waals surface area contributed by atoms with Crippen molar-refractivity contribution in [1.82, 2.24) is 4.90 Å². The maximum Gasteiger partial charge on any atom is 0.127 e. The number of hydrogen-bond donors (Lipinski definition) is 1. The molecule has 0 saturated heterocycles. The fourth-order valence-corrected chi connectivity index (χ4v) is 2.14. The number of halogens is 2. The molecule has 0 aliphatic heterocycles.